The van der Waals surface area contributed by atoms with Gasteiger partial charge in [-0.2, -0.15) is 0 Å². The van der Waals surface area contributed by atoms with Gasteiger partial charge in [-0.1, -0.05) is 32.1 Å². The summed E-state index contributed by atoms with van der Waals surface area (Å²) in [5, 5.41) is 3.03. The first-order chi connectivity index (χ1) is 7.91. The third-order valence-electron chi connectivity index (χ3n) is 1.89. The van der Waals surface area contributed by atoms with Crippen molar-refractivity contribution in [3.63, 3.8) is 0 Å². The lowest BCUT2D eigenvalue weighted by molar-refractivity contribution is 0.275. The van der Waals surface area contributed by atoms with Gasteiger partial charge < -0.3 is 31.5 Å². The summed E-state index contributed by atoms with van der Waals surface area (Å²) in [5.41, 5.74) is 10.3. The van der Waals surface area contributed by atoms with E-state index in [1.807, 2.05) is 0 Å². The smallest absolute Gasteiger partial charge is 0.329 e. The third kappa shape index (κ3) is 38.7. The second-order valence-electron chi connectivity index (χ2n) is 3.61. The second kappa shape index (κ2) is 14.1. The van der Waals surface area contributed by atoms with E-state index in [9.17, 15) is 0 Å². The first-order valence-electron chi connectivity index (χ1n) is 5.81. The molecule has 1 aliphatic rings. The van der Waals surface area contributed by atoms with E-state index >= 15 is 0 Å². The van der Waals surface area contributed by atoms with E-state index in [0.29, 0.717) is 13.1 Å². The zero-order valence-corrected chi connectivity index (χ0v) is 11.1. The van der Waals surface area contributed by atoms with E-state index in [0.717, 1.165) is 13.1 Å². The Labute approximate surface area is 103 Å². The van der Waals surface area contributed by atoms with Crippen LogP contribution in [0.3, 0.4) is 0 Å². The number of phosphoric acid groups is 1. The number of hydrogen-bond donors (Lipinski definition) is 6. The Hall–Kier alpha value is -0.0100. The number of nitrogens with two attached hydrogens (primary N) is 2. The summed E-state index contributed by atoms with van der Waals surface area (Å²) >= 11 is 0. The van der Waals surface area contributed by atoms with Crippen molar-refractivity contribution in [1.29, 1.82) is 0 Å². The topological polar surface area (TPSA) is 142 Å². The molecule has 0 aromatic rings. The van der Waals surface area contributed by atoms with E-state index in [1.165, 1.54) is 32.1 Å². The van der Waals surface area contributed by atoms with Crippen molar-refractivity contribution in [3.8, 4) is 0 Å². The highest BCUT2D eigenvalue weighted by molar-refractivity contribution is 7.45. The van der Waals surface area contributed by atoms with Crippen LogP contribution in [0, 0.1) is 0 Å². The third-order valence-corrected chi connectivity index (χ3v) is 1.89. The van der Waals surface area contributed by atoms with Gasteiger partial charge in [-0.05, 0) is 0 Å². The molecule has 7 nitrogen and oxygen atoms in total. The molecule has 8 N–H and O–H groups in total. The van der Waals surface area contributed by atoms with Crippen LogP contribution in [-0.4, -0.2) is 40.9 Å². The predicted molar refractivity (Wildman–Crippen MR) is 68.3 cm³/mol. The minimum absolute atomic E-state index is 0.694. The van der Waals surface area contributed by atoms with Crippen molar-refractivity contribution in [2.45, 2.75) is 32.1 Å². The lowest BCUT2D eigenvalue weighted by atomic mass is 10.4. The Morgan fingerprint density at radius 1 is 0.882 bits per heavy atom. The summed E-state index contributed by atoms with van der Waals surface area (Å²) in [7, 11) is -4.64. The van der Waals surface area contributed by atoms with Crippen molar-refractivity contribution in [2.24, 2.45) is 11.5 Å². The zero-order chi connectivity index (χ0) is 13.6. The highest BCUT2D eigenvalue weighted by atomic mass is 31.2. The molecule has 0 aromatic heterocycles. The van der Waals surface area contributed by atoms with Crippen LogP contribution in [0.2, 0.25) is 0 Å². The Morgan fingerprint density at radius 3 is 1.29 bits per heavy atom. The maximum Gasteiger partial charge on any atom is 0.466 e. The summed E-state index contributed by atoms with van der Waals surface area (Å²) in [6, 6.07) is 0. The molecular formula is C9H26N3O4P. The molecule has 1 rings (SSSR count). The molecule has 0 unspecified atom stereocenters. The van der Waals surface area contributed by atoms with Gasteiger partial charge in [0.1, 0.15) is 0 Å². The van der Waals surface area contributed by atoms with Crippen molar-refractivity contribution < 1.29 is 19.2 Å². The molecule has 1 saturated carbocycles. The van der Waals surface area contributed by atoms with E-state index in [2.05, 4.69) is 5.32 Å². The monoisotopic (exact) mass is 271 g/mol. The summed E-state index contributed by atoms with van der Waals surface area (Å²) in [6.45, 7) is 3.13. The van der Waals surface area contributed by atoms with Crippen LogP contribution in [0.15, 0.2) is 0 Å². The van der Waals surface area contributed by atoms with Gasteiger partial charge in [0.25, 0.3) is 0 Å². The Balaban J connectivity index is 0. The molecule has 0 saturated heterocycles. The van der Waals surface area contributed by atoms with Crippen LogP contribution in [-0.2, 0) is 4.57 Å². The molecule has 0 aromatic carbocycles. The Kier molecular flexibility index (Phi) is 16.0. The quantitative estimate of drug-likeness (QED) is 0.299. The van der Waals surface area contributed by atoms with Crippen LogP contribution >= 0.6 is 7.82 Å². The van der Waals surface area contributed by atoms with E-state index in [4.69, 9.17) is 30.7 Å². The van der Waals surface area contributed by atoms with E-state index in [1.54, 1.807) is 0 Å². The van der Waals surface area contributed by atoms with Gasteiger partial charge in [0, 0.05) is 26.2 Å². The number of nitrogens with one attached hydrogen (secondary N) is 1. The Morgan fingerprint density at radius 2 is 1.12 bits per heavy atom. The van der Waals surface area contributed by atoms with Crippen LogP contribution in [0.1, 0.15) is 32.1 Å². The normalized spacial score (nSPS) is 14.4. The summed E-state index contributed by atoms with van der Waals surface area (Å²) in [5.74, 6) is 0. The van der Waals surface area contributed by atoms with Crippen LogP contribution in [0.4, 0.5) is 0 Å². The van der Waals surface area contributed by atoms with Gasteiger partial charge in [-0.3, -0.25) is 0 Å². The van der Waals surface area contributed by atoms with Gasteiger partial charge >= 0.3 is 7.82 Å². The molecule has 0 heterocycles. The van der Waals surface area contributed by atoms with E-state index in [-0.39, 0.29) is 0 Å². The molecule has 17 heavy (non-hydrogen) atoms. The minimum Gasteiger partial charge on any atom is -0.329 e. The molecule has 0 amide bonds. The maximum atomic E-state index is 8.88. The lowest BCUT2D eigenvalue weighted by Gasteiger charge is -1.95. The van der Waals surface area contributed by atoms with Crippen molar-refractivity contribution in [3.05, 3.63) is 0 Å². The molecule has 0 spiro atoms. The van der Waals surface area contributed by atoms with Crippen molar-refractivity contribution in [1.82, 2.24) is 5.32 Å². The van der Waals surface area contributed by atoms with Crippen molar-refractivity contribution >= 4 is 7.82 Å². The average molecular weight is 271 g/mol. The molecule has 0 bridgehead atoms. The molecule has 1 aliphatic carbocycles. The van der Waals surface area contributed by atoms with Crippen LogP contribution < -0.4 is 16.8 Å². The molecule has 8 heteroatoms. The van der Waals surface area contributed by atoms with Crippen LogP contribution in [0.5, 0.6) is 0 Å². The fourth-order valence-electron chi connectivity index (χ4n) is 1.21. The summed E-state index contributed by atoms with van der Waals surface area (Å²) < 4.78 is 8.88. The van der Waals surface area contributed by atoms with Gasteiger partial charge in [0.15, 0.2) is 0 Å². The number of hydrogen-bond acceptors (Lipinski definition) is 4. The average Bonchev–Trinajstić information content (AvgIpc) is 2.74. The van der Waals surface area contributed by atoms with Gasteiger partial charge in [-0.15, -0.1) is 0 Å². The van der Waals surface area contributed by atoms with Crippen molar-refractivity contribution in [2.75, 3.05) is 26.2 Å². The lowest BCUT2D eigenvalue weighted by Crippen LogP contribution is -2.27. The summed E-state index contributed by atoms with van der Waals surface area (Å²) in [4.78, 5) is 21.6. The number of rotatable bonds is 4. The summed E-state index contributed by atoms with van der Waals surface area (Å²) in [6.07, 6.45) is 7.50. The maximum absolute atomic E-state index is 8.88. The predicted octanol–water partition coefficient (Wildman–Crippen LogP) is -0.485. The minimum atomic E-state index is -4.64. The molecule has 106 valence electrons. The van der Waals surface area contributed by atoms with Gasteiger partial charge in [-0.25, -0.2) is 4.57 Å². The van der Waals surface area contributed by atoms with Gasteiger partial charge in [0.05, 0.1) is 0 Å². The molecule has 0 radical (unpaired) electrons. The Bertz CT molecular complexity index is 165. The fraction of sp³-hybridized carbons (Fsp3) is 1.00. The molecule has 1 fully saturated rings. The van der Waals surface area contributed by atoms with Gasteiger partial charge in [0.2, 0.25) is 0 Å². The first kappa shape index (κ1) is 19.3. The SMILES string of the molecule is C1CCCC1.NCCNCCN.O=P(O)(O)O. The highest BCUT2D eigenvalue weighted by Crippen LogP contribution is 2.25. The molecular weight excluding hydrogens is 245 g/mol. The standard InChI is InChI=1S/C5H10.C4H13N3.H3O4P/c1-2-4-5-3-1;5-1-3-7-4-2-6;1-5(2,3)4/h1-5H2;7H,1-6H2;(H3,1,2,3,4). The zero-order valence-electron chi connectivity index (χ0n) is 10.2. The molecule has 0 aliphatic heterocycles. The van der Waals surface area contributed by atoms with E-state index < -0.39 is 7.82 Å². The largest absolute Gasteiger partial charge is 0.466 e. The highest BCUT2D eigenvalue weighted by Gasteiger charge is 2.00. The molecule has 0 atom stereocenters. The first-order valence-corrected chi connectivity index (χ1v) is 7.37. The second-order valence-corrected chi connectivity index (χ2v) is 4.63. The fourth-order valence-corrected chi connectivity index (χ4v) is 1.21. The van der Waals surface area contributed by atoms with Crippen LogP contribution in [0.25, 0.3) is 0 Å².